The van der Waals surface area contributed by atoms with Gasteiger partial charge >= 0.3 is 0 Å². The molecule has 0 bridgehead atoms. The van der Waals surface area contributed by atoms with Gasteiger partial charge in [0.2, 0.25) is 5.88 Å². The minimum atomic E-state index is -0.363. The van der Waals surface area contributed by atoms with Gasteiger partial charge in [-0.15, -0.1) is 0 Å². The Balaban J connectivity index is 1.50. The number of aromatic nitrogens is 1. The molecular formula is C21H17FN2O3. The molecule has 6 heteroatoms. The van der Waals surface area contributed by atoms with Crippen molar-refractivity contribution in [1.29, 1.82) is 0 Å². The van der Waals surface area contributed by atoms with Crippen LogP contribution in [0.15, 0.2) is 60.8 Å². The van der Waals surface area contributed by atoms with Crippen molar-refractivity contribution >= 4 is 11.6 Å². The number of nitrogens with zero attached hydrogens (tertiary/aromatic N) is 1. The van der Waals surface area contributed by atoms with Crippen LogP contribution < -0.4 is 14.8 Å². The highest BCUT2D eigenvalue weighted by Crippen LogP contribution is 2.29. The zero-order valence-corrected chi connectivity index (χ0v) is 14.4. The van der Waals surface area contributed by atoms with Gasteiger partial charge in [0, 0.05) is 29.9 Å². The molecule has 0 radical (unpaired) electrons. The molecule has 2 aromatic carbocycles. The Bertz CT molecular complexity index is 991. The lowest BCUT2D eigenvalue weighted by atomic mass is 10.1. The molecule has 1 aromatic heterocycles. The summed E-state index contributed by atoms with van der Waals surface area (Å²) in [5.41, 5.74) is 2.42. The van der Waals surface area contributed by atoms with Crippen molar-refractivity contribution in [2.75, 3.05) is 11.9 Å². The quantitative estimate of drug-likeness (QED) is 0.744. The van der Waals surface area contributed by atoms with Crippen molar-refractivity contribution in [3.05, 3.63) is 83.3 Å². The van der Waals surface area contributed by atoms with Crippen molar-refractivity contribution in [2.24, 2.45) is 0 Å². The molecule has 136 valence electrons. The molecule has 0 unspecified atom stereocenters. The van der Waals surface area contributed by atoms with Gasteiger partial charge in [0.15, 0.2) is 0 Å². The minimum Gasteiger partial charge on any atom is -0.493 e. The number of pyridine rings is 1. The zero-order chi connectivity index (χ0) is 18.6. The highest BCUT2D eigenvalue weighted by molar-refractivity contribution is 6.05. The van der Waals surface area contributed by atoms with E-state index in [0.29, 0.717) is 17.9 Å². The first-order valence-corrected chi connectivity index (χ1v) is 8.59. The first-order valence-electron chi connectivity index (χ1n) is 8.59. The van der Waals surface area contributed by atoms with Crippen LogP contribution in [0, 0.1) is 5.82 Å². The van der Waals surface area contributed by atoms with E-state index in [0.717, 1.165) is 17.7 Å². The molecular weight excluding hydrogens is 347 g/mol. The number of carbonyl (C=O) groups is 1. The summed E-state index contributed by atoms with van der Waals surface area (Å²) < 4.78 is 24.9. The molecule has 0 fully saturated rings. The maximum Gasteiger partial charge on any atom is 0.261 e. The largest absolute Gasteiger partial charge is 0.493 e. The summed E-state index contributed by atoms with van der Waals surface area (Å²) in [6.45, 7) is 0.639. The van der Waals surface area contributed by atoms with Gasteiger partial charge in [0.25, 0.3) is 5.91 Å². The number of amides is 1. The number of fused-ring (bicyclic) bond motifs is 1. The second kappa shape index (κ2) is 7.45. The molecule has 27 heavy (non-hydrogen) atoms. The zero-order valence-electron chi connectivity index (χ0n) is 14.4. The second-order valence-electron chi connectivity index (χ2n) is 6.11. The molecule has 1 amide bonds. The number of hydrogen-bond donors (Lipinski definition) is 1. The van der Waals surface area contributed by atoms with Crippen LogP contribution in [0.5, 0.6) is 11.6 Å². The van der Waals surface area contributed by atoms with E-state index >= 15 is 0 Å². The van der Waals surface area contributed by atoms with Crippen molar-refractivity contribution in [1.82, 2.24) is 4.98 Å². The van der Waals surface area contributed by atoms with Gasteiger partial charge in [-0.1, -0.05) is 24.3 Å². The van der Waals surface area contributed by atoms with Crippen LogP contribution in [-0.2, 0) is 13.0 Å². The Morgan fingerprint density at radius 2 is 2.07 bits per heavy atom. The third-order valence-electron chi connectivity index (χ3n) is 4.29. The Kier molecular flexibility index (Phi) is 4.70. The molecule has 0 spiro atoms. The van der Waals surface area contributed by atoms with Crippen molar-refractivity contribution in [3.8, 4) is 11.6 Å². The highest BCUT2D eigenvalue weighted by Gasteiger charge is 2.17. The topological polar surface area (TPSA) is 60.5 Å². The first kappa shape index (κ1) is 17.0. The third-order valence-corrected chi connectivity index (χ3v) is 4.29. The molecule has 0 aliphatic carbocycles. The predicted molar refractivity (Wildman–Crippen MR) is 98.6 cm³/mol. The maximum atomic E-state index is 13.8. The van der Waals surface area contributed by atoms with Crippen LogP contribution in [0.2, 0.25) is 0 Å². The van der Waals surface area contributed by atoms with Gasteiger partial charge in [-0.2, -0.15) is 0 Å². The molecule has 1 aliphatic rings. The molecule has 1 aliphatic heterocycles. The molecule has 4 rings (SSSR count). The van der Waals surface area contributed by atoms with E-state index < -0.39 is 0 Å². The lowest BCUT2D eigenvalue weighted by Crippen LogP contribution is -2.14. The van der Waals surface area contributed by atoms with Gasteiger partial charge in [-0.3, -0.25) is 4.79 Å². The average Bonchev–Trinajstić information content (AvgIpc) is 3.15. The van der Waals surface area contributed by atoms with E-state index in [1.54, 1.807) is 36.4 Å². The summed E-state index contributed by atoms with van der Waals surface area (Å²) >= 11 is 0. The summed E-state index contributed by atoms with van der Waals surface area (Å²) in [5, 5.41) is 2.82. The second-order valence-corrected chi connectivity index (χ2v) is 6.11. The molecule has 3 aromatic rings. The normalized spacial score (nSPS) is 12.2. The minimum absolute atomic E-state index is 0.0172. The molecule has 0 saturated heterocycles. The fourth-order valence-corrected chi connectivity index (χ4v) is 2.88. The predicted octanol–water partition coefficient (Wildman–Crippen LogP) is 3.99. The lowest BCUT2D eigenvalue weighted by Gasteiger charge is -2.11. The van der Waals surface area contributed by atoms with Gasteiger partial charge in [-0.25, -0.2) is 9.37 Å². The standard InChI is InChI=1S/C21H17FN2O3/c22-18-6-2-1-4-15(18)13-27-21-17(5-3-10-23-21)20(25)24-16-8-7-14-9-11-26-19(14)12-16/h1-8,10,12H,9,11,13H2,(H,24,25). The maximum absolute atomic E-state index is 13.8. The number of halogens is 1. The molecule has 0 saturated carbocycles. The van der Waals surface area contributed by atoms with Crippen LogP contribution in [0.25, 0.3) is 0 Å². The summed E-state index contributed by atoms with van der Waals surface area (Å²) in [4.78, 5) is 16.8. The number of hydrogen-bond acceptors (Lipinski definition) is 4. The van der Waals surface area contributed by atoms with Crippen LogP contribution in [0.1, 0.15) is 21.5 Å². The lowest BCUT2D eigenvalue weighted by molar-refractivity contribution is 0.102. The number of benzene rings is 2. The van der Waals surface area contributed by atoms with Gasteiger partial charge in [0.1, 0.15) is 23.7 Å². The fraction of sp³-hybridized carbons (Fsp3) is 0.143. The van der Waals surface area contributed by atoms with Crippen LogP contribution >= 0.6 is 0 Å². The van der Waals surface area contributed by atoms with Gasteiger partial charge in [-0.05, 0) is 29.8 Å². The SMILES string of the molecule is O=C(Nc1ccc2c(c1)OCC2)c1cccnc1OCc1ccccc1F. The Morgan fingerprint density at radius 3 is 2.96 bits per heavy atom. The van der Waals surface area contributed by atoms with E-state index in [1.165, 1.54) is 12.3 Å². The Hall–Kier alpha value is -3.41. The monoisotopic (exact) mass is 364 g/mol. The number of anilines is 1. The van der Waals surface area contributed by atoms with Crippen LogP contribution in [-0.4, -0.2) is 17.5 Å². The number of ether oxygens (including phenoxy) is 2. The van der Waals surface area contributed by atoms with Gasteiger partial charge in [0.05, 0.1) is 6.61 Å². The van der Waals surface area contributed by atoms with E-state index in [9.17, 15) is 9.18 Å². The number of rotatable bonds is 5. The Morgan fingerprint density at radius 1 is 1.19 bits per heavy atom. The third kappa shape index (κ3) is 3.74. The van der Waals surface area contributed by atoms with E-state index in [-0.39, 0.29) is 29.8 Å². The van der Waals surface area contributed by atoms with E-state index in [4.69, 9.17) is 9.47 Å². The number of nitrogens with one attached hydrogen (secondary N) is 1. The molecule has 1 N–H and O–H groups in total. The molecule has 2 heterocycles. The molecule has 5 nitrogen and oxygen atoms in total. The fourth-order valence-electron chi connectivity index (χ4n) is 2.88. The van der Waals surface area contributed by atoms with E-state index in [2.05, 4.69) is 10.3 Å². The first-order chi connectivity index (χ1) is 13.2. The average molecular weight is 364 g/mol. The van der Waals surface area contributed by atoms with E-state index in [1.807, 2.05) is 12.1 Å². The van der Waals surface area contributed by atoms with Crippen molar-refractivity contribution < 1.29 is 18.7 Å². The highest BCUT2D eigenvalue weighted by atomic mass is 19.1. The van der Waals surface area contributed by atoms with Crippen molar-refractivity contribution in [3.63, 3.8) is 0 Å². The smallest absolute Gasteiger partial charge is 0.261 e. The summed E-state index contributed by atoms with van der Waals surface area (Å²) in [5.74, 6) is 0.216. The summed E-state index contributed by atoms with van der Waals surface area (Å²) in [7, 11) is 0. The van der Waals surface area contributed by atoms with Crippen LogP contribution in [0.3, 0.4) is 0 Å². The Labute approximate surface area is 155 Å². The number of carbonyl (C=O) groups excluding carboxylic acids is 1. The van der Waals surface area contributed by atoms with Gasteiger partial charge < -0.3 is 14.8 Å². The summed E-state index contributed by atoms with van der Waals surface area (Å²) in [6.07, 6.45) is 2.40. The van der Waals surface area contributed by atoms with Crippen LogP contribution in [0.4, 0.5) is 10.1 Å². The molecule has 0 atom stereocenters. The van der Waals surface area contributed by atoms with Crippen molar-refractivity contribution in [2.45, 2.75) is 13.0 Å². The summed E-state index contributed by atoms with van der Waals surface area (Å²) in [6, 6.07) is 15.2.